The van der Waals surface area contributed by atoms with Gasteiger partial charge in [0, 0.05) is 12.6 Å². The number of carboxylic acids is 1. The number of halogens is 1. The number of carbonyl (C=O) groups is 1. The van der Waals surface area contributed by atoms with E-state index in [4.69, 9.17) is 10.8 Å². The van der Waals surface area contributed by atoms with E-state index in [1.807, 2.05) is 25.9 Å². The molecule has 0 aromatic heterocycles. The van der Waals surface area contributed by atoms with Crippen LogP contribution in [0.3, 0.4) is 0 Å². The van der Waals surface area contributed by atoms with Crippen LogP contribution in [0.2, 0.25) is 0 Å². The van der Waals surface area contributed by atoms with Gasteiger partial charge < -0.3 is 21.1 Å². The molecule has 18 heavy (non-hydrogen) atoms. The molecule has 0 bridgehead atoms. The van der Waals surface area contributed by atoms with E-state index in [0.29, 0.717) is 5.69 Å². The summed E-state index contributed by atoms with van der Waals surface area (Å²) < 4.78 is 13.2. The summed E-state index contributed by atoms with van der Waals surface area (Å²) in [5, 5.41) is 12.1. The molecule has 0 amide bonds. The Kier molecular flexibility index (Phi) is 4.49. The van der Waals surface area contributed by atoms with Crippen LogP contribution in [-0.2, 0) is 0 Å². The van der Waals surface area contributed by atoms with E-state index < -0.39 is 11.8 Å². The monoisotopic (exact) mass is 255 g/mol. The van der Waals surface area contributed by atoms with Crippen molar-refractivity contribution < 1.29 is 14.3 Å². The average molecular weight is 255 g/mol. The van der Waals surface area contributed by atoms with Gasteiger partial charge in [-0.3, -0.25) is 0 Å². The second-order valence-corrected chi connectivity index (χ2v) is 4.50. The molecule has 0 aliphatic carbocycles. The van der Waals surface area contributed by atoms with Gasteiger partial charge >= 0.3 is 5.97 Å². The number of hydrogen-bond donors (Lipinski definition) is 3. The molecule has 0 heterocycles. The number of nitrogen functional groups attached to an aromatic ring is 1. The first kappa shape index (κ1) is 14.2. The van der Waals surface area contributed by atoms with E-state index in [1.165, 1.54) is 6.07 Å². The third kappa shape index (κ3) is 3.33. The Morgan fingerprint density at radius 3 is 2.67 bits per heavy atom. The van der Waals surface area contributed by atoms with Crippen molar-refractivity contribution in [2.75, 3.05) is 31.7 Å². The van der Waals surface area contributed by atoms with Crippen molar-refractivity contribution in [3.63, 3.8) is 0 Å². The first-order valence-corrected chi connectivity index (χ1v) is 5.55. The number of nitrogens with one attached hydrogen (secondary N) is 1. The molecule has 6 heteroatoms. The molecule has 0 aliphatic rings. The number of carboxylic acid groups (broad SMARTS) is 1. The molecule has 0 radical (unpaired) electrons. The first-order valence-electron chi connectivity index (χ1n) is 5.55. The van der Waals surface area contributed by atoms with Crippen LogP contribution in [0.4, 0.5) is 15.8 Å². The molecule has 0 spiro atoms. The Balaban J connectivity index is 3.02. The summed E-state index contributed by atoms with van der Waals surface area (Å²) in [7, 11) is 3.82. The van der Waals surface area contributed by atoms with Gasteiger partial charge in [-0.15, -0.1) is 0 Å². The molecule has 1 aromatic carbocycles. The van der Waals surface area contributed by atoms with Gasteiger partial charge in [0.05, 0.1) is 11.4 Å². The highest BCUT2D eigenvalue weighted by Gasteiger charge is 2.18. The molecule has 0 aliphatic heterocycles. The van der Waals surface area contributed by atoms with Crippen molar-refractivity contribution in [2.45, 2.75) is 13.0 Å². The number of aromatic carboxylic acids is 1. The lowest BCUT2D eigenvalue weighted by Gasteiger charge is -2.21. The molecule has 0 fully saturated rings. The Morgan fingerprint density at radius 1 is 1.56 bits per heavy atom. The van der Waals surface area contributed by atoms with Gasteiger partial charge in [-0.1, -0.05) is 0 Å². The summed E-state index contributed by atoms with van der Waals surface area (Å²) in [6.45, 7) is 2.63. The molecule has 1 atom stereocenters. The second-order valence-electron chi connectivity index (χ2n) is 4.50. The number of nitrogens with two attached hydrogens (primary N) is 1. The van der Waals surface area contributed by atoms with E-state index >= 15 is 0 Å². The zero-order valence-electron chi connectivity index (χ0n) is 10.7. The third-order valence-corrected chi connectivity index (χ3v) is 2.45. The SMILES string of the molecule is CC(CN(C)C)Nc1ccc(F)c(N)c1C(=O)O. The van der Waals surface area contributed by atoms with Crippen LogP contribution in [0, 0.1) is 5.82 Å². The molecule has 4 N–H and O–H groups in total. The summed E-state index contributed by atoms with van der Waals surface area (Å²) in [4.78, 5) is 13.1. The fourth-order valence-electron chi connectivity index (χ4n) is 1.80. The molecular weight excluding hydrogens is 237 g/mol. The highest BCUT2D eigenvalue weighted by atomic mass is 19.1. The molecule has 5 nitrogen and oxygen atoms in total. The average Bonchev–Trinajstić information content (AvgIpc) is 2.21. The van der Waals surface area contributed by atoms with Gasteiger partial charge in [-0.25, -0.2) is 9.18 Å². The van der Waals surface area contributed by atoms with Crippen molar-refractivity contribution in [1.82, 2.24) is 4.90 Å². The van der Waals surface area contributed by atoms with Crippen LogP contribution in [0.25, 0.3) is 0 Å². The van der Waals surface area contributed by atoms with Gasteiger partial charge in [-0.2, -0.15) is 0 Å². The van der Waals surface area contributed by atoms with Crippen LogP contribution >= 0.6 is 0 Å². The van der Waals surface area contributed by atoms with Gasteiger partial charge in [0.1, 0.15) is 11.4 Å². The second kappa shape index (κ2) is 5.68. The molecule has 100 valence electrons. The minimum Gasteiger partial charge on any atom is -0.478 e. The zero-order valence-corrected chi connectivity index (χ0v) is 10.7. The van der Waals surface area contributed by atoms with Crippen LogP contribution < -0.4 is 11.1 Å². The van der Waals surface area contributed by atoms with Gasteiger partial charge in [0.15, 0.2) is 0 Å². The molecule has 1 rings (SSSR count). The van der Waals surface area contributed by atoms with E-state index in [0.717, 1.165) is 12.6 Å². The Bertz CT molecular complexity index is 449. The van der Waals surface area contributed by atoms with Crippen molar-refractivity contribution in [2.24, 2.45) is 0 Å². The van der Waals surface area contributed by atoms with E-state index in [9.17, 15) is 9.18 Å². The summed E-state index contributed by atoms with van der Waals surface area (Å²) >= 11 is 0. The maximum absolute atomic E-state index is 13.2. The molecule has 1 unspecified atom stereocenters. The maximum Gasteiger partial charge on any atom is 0.340 e. The number of rotatable bonds is 5. The molecule has 0 saturated heterocycles. The quantitative estimate of drug-likeness (QED) is 0.694. The number of likely N-dealkylation sites (N-methyl/N-ethyl adjacent to an activating group) is 1. The van der Waals surface area contributed by atoms with Crippen LogP contribution in [-0.4, -0.2) is 42.7 Å². The molecule has 1 aromatic rings. The van der Waals surface area contributed by atoms with Gasteiger partial charge in [0.2, 0.25) is 0 Å². The predicted octanol–water partition coefficient (Wildman–Crippen LogP) is 1.47. The predicted molar refractivity (Wildman–Crippen MR) is 69.4 cm³/mol. The minimum atomic E-state index is -1.24. The highest BCUT2D eigenvalue weighted by molar-refractivity contribution is 6.00. The number of anilines is 2. The van der Waals surface area contributed by atoms with E-state index in [-0.39, 0.29) is 17.3 Å². The Hall–Kier alpha value is -1.82. The Labute approximate surface area is 105 Å². The van der Waals surface area contributed by atoms with Crippen molar-refractivity contribution in [1.29, 1.82) is 0 Å². The van der Waals surface area contributed by atoms with Crippen LogP contribution in [0.15, 0.2) is 12.1 Å². The van der Waals surface area contributed by atoms with E-state index in [2.05, 4.69) is 5.32 Å². The highest BCUT2D eigenvalue weighted by Crippen LogP contribution is 2.25. The number of benzene rings is 1. The lowest BCUT2D eigenvalue weighted by Crippen LogP contribution is -2.30. The van der Waals surface area contributed by atoms with Gasteiger partial charge in [-0.05, 0) is 33.2 Å². The Morgan fingerprint density at radius 2 is 2.17 bits per heavy atom. The summed E-state index contributed by atoms with van der Waals surface area (Å²) in [5.41, 5.74) is 5.22. The third-order valence-electron chi connectivity index (χ3n) is 2.45. The van der Waals surface area contributed by atoms with Crippen molar-refractivity contribution in [3.8, 4) is 0 Å². The molecular formula is C12H18FN3O2. The fraction of sp³-hybridized carbons (Fsp3) is 0.417. The lowest BCUT2D eigenvalue weighted by atomic mass is 10.1. The molecule has 0 saturated carbocycles. The van der Waals surface area contributed by atoms with Crippen molar-refractivity contribution >= 4 is 17.3 Å². The maximum atomic E-state index is 13.2. The largest absolute Gasteiger partial charge is 0.478 e. The summed E-state index contributed by atoms with van der Waals surface area (Å²) in [5.74, 6) is -1.97. The lowest BCUT2D eigenvalue weighted by molar-refractivity contribution is 0.0698. The topological polar surface area (TPSA) is 78.6 Å². The minimum absolute atomic E-state index is 0.0166. The fourth-order valence-corrected chi connectivity index (χ4v) is 1.80. The smallest absolute Gasteiger partial charge is 0.340 e. The number of nitrogens with zero attached hydrogens (tertiary/aromatic N) is 1. The summed E-state index contributed by atoms with van der Waals surface area (Å²) in [6.07, 6.45) is 0. The zero-order chi connectivity index (χ0) is 13.9. The van der Waals surface area contributed by atoms with Crippen molar-refractivity contribution in [3.05, 3.63) is 23.5 Å². The van der Waals surface area contributed by atoms with E-state index in [1.54, 1.807) is 0 Å². The first-order chi connectivity index (χ1) is 8.32. The standard InChI is InChI=1S/C12H18FN3O2/c1-7(6-16(2)3)15-9-5-4-8(13)11(14)10(9)12(17)18/h4-5,7,15H,6,14H2,1-3H3,(H,17,18). The number of hydrogen-bond acceptors (Lipinski definition) is 4. The van der Waals surface area contributed by atoms with Gasteiger partial charge in [0.25, 0.3) is 0 Å². The van der Waals surface area contributed by atoms with Crippen LogP contribution in [0.5, 0.6) is 0 Å². The van der Waals surface area contributed by atoms with Crippen LogP contribution in [0.1, 0.15) is 17.3 Å². The summed E-state index contributed by atoms with van der Waals surface area (Å²) in [6, 6.07) is 2.57. The normalized spacial score (nSPS) is 12.5.